The molecule has 0 bridgehead atoms. The van der Waals surface area contributed by atoms with E-state index < -0.39 is 5.91 Å². The lowest BCUT2D eigenvalue weighted by atomic mass is 9.95. The highest BCUT2D eigenvalue weighted by atomic mass is 19.1. The van der Waals surface area contributed by atoms with E-state index in [9.17, 15) is 9.18 Å². The predicted molar refractivity (Wildman–Crippen MR) is 74.6 cm³/mol. The number of rotatable bonds is 3. The zero-order valence-electron chi connectivity index (χ0n) is 11.6. The first-order valence-corrected chi connectivity index (χ1v) is 7.09. The van der Waals surface area contributed by atoms with Crippen LogP contribution in [0.25, 0.3) is 0 Å². The van der Waals surface area contributed by atoms with E-state index in [0.717, 1.165) is 19.6 Å². The van der Waals surface area contributed by atoms with Gasteiger partial charge in [-0.25, -0.2) is 4.39 Å². The SMILES string of the molecule is CC1C2CNCC2CN1Cc1cc(C(N)=O)ccc1F. The summed E-state index contributed by atoms with van der Waals surface area (Å²) in [5.41, 5.74) is 6.19. The lowest BCUT2D eigenvalue weighted by Gasteiger charge is -2.24. The van der Waals surface area contributed by atoms with Crippen LogP contribution in [0.15, 0.2) is 18.2 Å². The van der Waals surface area contributed by atoms with E-state index in [4.69, 9.17) is 5.73 Å². The molecule has 3 N–H and O–H groups in total. The Labute approximate surface area is 118 Å². The third-order valence-electron chi connectivity index (χ3n) is 4.76. The number of nitrogens with zero attached hydrogens (tertiary/aromatic N) is 1. The Morgan fingerprint density at radius 2 is 2.30 bits per heavy atom. The van der Waals surface area contributed by atoms with Crippen molar-refractivity contribution in [2.45, 2.75) is 19.5 Å². The van der Waals surface area contributed by atoms with Crippen molar-refractivity contribution >= 4 is 5.91 Å². The molecule has 3 atom stereocenters. The van der Waals surface area contributed by atoms with Gasteiger partial charge in [0.15, 0.2) is 0 Å². The van der Waals surface area contributed by atoms with Crippen molar-refractivity contribution in [3.8, 4) is 0 Å². The molecule has 108 valence electrons. The summed E-state index contributed by atoms with van der Waals surface area (Å²) in [6.07, 6.45) is 0. The highest BCUT2D eigenvalue weighted by Gasteiger charge is 2.41. The zero-order valence-corrected chi connectivity index (χ0v) is 11.6. The highest BCUT2D eigenvalue weighted by Crippen LogP contribution is 2.33. The first kappa shape index (κ1) is 13.5. The fourth-order valence-electron chi connectivity index (χ4n) is 3.53. The summed E-state index contributed by atoms with van der Waals surface area (Å²) in [4.78, 5) is 13.5. The maximum Gasteiger partial charge on any atom is 0.248 e. The van der Waals surface area contributed by atoms with Crippen LogP contribution >= 0.6 is 0 Å². The molecule has 0 radical (unpaired) electrons. The van der Waals surface area contributed by atoms with Gasteiger partial charge < -0.3 is 11.1 Å². The van der Waals surface area contributed by atoms with Crippen LogP contribution in [0.3, 0.4) is 0 Å². The standard InChI is InChI=1S/C15H20FN3O/c1-9-13-6-18-5-12(13)8-19(9)7-11-4-10(15(17)20)2-3-14(11)16/h2-4,9,12-13,18H,5-8H2,1H3,(H2,17,20). The van der Waals surface area contributed by atoms with Crippen LogP contribution in [0.1, 0.15) is 22.8 Å². The second-order valence-electron chi connectivity index (χ2n) is 5.92. The molecule has 1 aromatic carbocycles. The molecule has 2 aliphatic rings. The number of nitrogens with one attached hydrogen (secondary N) is 1. The normalized spacial score (nSPS) is 29.6. The molecule has 20 heavy (non-hydrogen) atoms. The highest BCUT2D eigenvalue weighted by molar-refractivity contribution is 5.92. The summed E-state index contributed by atoms with van der Waals surface area (Å²) < 4.78 is 13.9. The second kappa shape index (κ2) is 5.14. The maximum absolute atomic E-state index is 13.9. The average Bonchev–Trinajstić information content (AvgIpc) is 2.96. The molecule has 0 saturated carbocycles. The number of halogens is 1. The summed E-state index contributed by atoms with van der Waals surface area (Å²) in [6, 6.07) is 4.79. The molecule has 0 spiro atoms. The number of likely N-dealkylation sites (tertiary alicyclic amines) is 1. The molecule has 5 heteroatoms. The van der Waals surface area contributed by atoms with Gasteiger partial charge in [-0.15, -0.1) is 0 Å². The Morgan fingerprint density at radius 3 is 3.00 bits per heavy atom. The Bertz CT molecular complexity index is 534. The Balaban J connectivity index is 1.78. The van der Waals surface area contributed by atoms with E-state index >= 15 is 0 Å². The molecule has 1 amide bonds. The van der Waals surface area contributed by atoms with Crippen molar-refractivity contribution in [1.29, 1.82) is 0 Å². The number of nitrogens with two attached hydrogens (primary N) is 1. The monoisotopic (exact) mass is 277 g/mol. The molecular weight excluding hydrogens is 257 g/mol. The summed E-state index contributed by atoms with van der Waals surface area (Å²) in [5.74, 6) is 0.531. The van der Waals surface area contributed by atoms with Crippen molar-refractivity contribution < 1.29 is 9.18 Å². The topological polar surface area (TPSA) is 58.4 Å². The number of benzene rings is 1. The second-order valence-corrected chi connectivity index (χ2v) is 5.92. The number of carbonyl (C=O) groups excluding carboxylic acids is 1. The van der Waals surface area contributed by atoms with Gasteiger partial charge in [-0.05, 0) is 50.0 Å². The summed E-state index contributed by atoms with van der Waals surface area (Å²) in [6.45, 7) is 5.83. The zero-order chi connectivity index (χ0) is 14.3. The number of hydrogen-bond donors (Lipinski definition) is 2. The van der Waals surface area contributed by atoms with Gasteiger partial charge in [0.1, 0.15) is 5.82 Å². The van der Waals surface area contributed by atoms with Crippen molar-refractivity contribution in [2.24, 2.45) is 17.6 Å². The Kier molecular flexibility index (Phi) is 3.48. The molecule has 0 aromatic heterocycles. The van der Waals surface area contributed by atoms with Crippen LogP contribution in [0.5, 0.6) is 0 Å². The molecule has 1 aromatic rings. The lowest BCUT2D eigenvalue weighted by Crippen LogP contribution is -2.33. The van der Waals surface area contributed by atoms with Crippen LogP contribution in [-0.4, -0.2) is 36.5 Å². The summed E-state index contributed by atoms with van der Waals surface area (Å²) >= 11 is 0. The van der Waals surface area contributed by atoms with Crippen molar-refractivity contribution in [3.05, 3.63) is 35.1 Å². The van der Waals surface area contributed by atoms with Gasteiger partial charge in [-0.3, -0.25) is 9.69 Å². The molecule has 3 rings (SSSR count). The van der Waals surface area contributed by atoms with Gasteiger partial charge in [-0.1, -0.05) is 0 Å². The van der Waals surface area contributed by atoms with Crippen LogP contribution in [0.4, 0.5) is 4.39 Å². The minimum Gasteiger partial charge on any atom is -0.366 e. The number of amides is 1. The molecule has 2 saturated heterocycles. The number of fused-ring (bicyclic) bond motifs is 1. The van der Waals surface area contributed by atoms with Gasteiger partial charge in [-0.2, -0.15) is 0 Å². The lowest BCUT2D eigenvalue weighted by molar-refractivity contribution is 0.1000. The van der Waals surface area contributed by atoms with Crippen molar-refractivity contribution in [3.63, 3.8) is 0 Å². The smallest absolute Gasteiger partial charge is 0.248 e. The van der Waals surface area contributed by atoms with Gasteiger partial charge >= 0.3 is 0 Å². The molecule has 2 fully saturated rings. The quantitative estimate of drug-likeness (QED) is 0.865. The van der Waals surface area contributed by atoms with E-state index in [1.165, 1.54) is 12.1 Å². The summed E-state index contributed by atoms with van der Waals surface area (Å²) in [5, 5.41) is 3.41. The fourth-order valence-corrected chi connectivity index (χ4v) is 3.53. The van der Waals surface area contributed by atoms with Gasteiger partial charge in [0.2, 0.25) is 5.91 Å². The Hall–Kier alpha value is -1.46. The van der Waals surface area contributed by atoms with Crippen LogP contribution in [-0.2, 0) is 6.54 Å². The number of carbonyl (C=O) groups is 1. The van der Waals surface area contributed by atoms with Gasteiger partial charge in [0.25, 0.3) is 0 Å². The molecular formula is C15H20FN3O. The molecule has 2 heterocycles. The largest absolute Gasteiger partial charge is 0.366 e. The van der Waals surface area contributed by atoms with Crippen LogP contribution in [0, 0.1) is 17.7 Å². The third-order valence-corrected chi connectivity index (χ3v) is 4.76. The third kappa shape index (κ3) is 2.31. The van der Waals surface area contributed by atoms with E-state index in [0.29, 0.717) is 35.5 Å². The molecule has 2 aliphatic heterocycles. The minimum absolute atomic E-state index is 0.266. The van der Waals surface area contributed by atoms with E-state index in [1.54, 1.807) is 6.07 Å². The van der Waals surface area contributed by atoms with Crippen LogP contribution in [0.2, 0.25) is 0 Å². The number of primary amides is 1. The average molecular weight is 277 g/mol. The first-order valence-electron chi connectivity index (χ1n) is 7.09. The maximum atomic E-state index is 13.9. The van der Waals surface area contributed by atoms with E-state index in [1.807, 2.05) is 0 Å². The number of hydrogen-bond acceptors (Lipinski definition) is 3. The molecule has 0 aliphatic carbocycles. The molecule has 4 nitrogen and oxygen atoms in total. The molecule has 3 unspecified atom stereocenters. The van der Waals surface area contributed by atoms with Gasteiger partial charge in [0.05, 0.1) is 0 Å². The predicted octanol–water partition coefficient (Wildman–Crippen LogP) is 0.964. The van der Waals surface area contributed by atoms with Crippen molar-refractivity contribution in [1.82, 2.24) is 10.2 Å². The van der Waals surface area contributed by atoms with Gasteiger partial charge in [0, 0.05) is 30.3 Å². The summed E-state index contributed by atoms with van der Waals surface area (Å²) in [7, 11) is 0. The fraction of sp³-hybridized carbons (Fsp3) is 0.533. The van der Waals surface area contributed by atoms with E-state index in [2.05, 4.69) is 17.1 Å². The van der Waals surface area contributed by atoms with Crippen molar-refractivity contribution in [2.75, 3.05) is 19.6 Å². The minimum atomic E-state index is -0.512. The van der Waals surface area contributed by atoms with Crippen LogP contribution < -0.4 is 11.1 Å². The van der Waals surface area contributed by atoms with E-state index in [-0.39, 0.29) is 5.82 Å². The Morgan fingerprint density at radius 1 is 1.50 bits per heavy atom. The first-order chi connectivity index (χ1) is 9.56.